The van der Waals surface area contributed by atoms with Gasteiger partial charge in [-0.3, -0.25) is 9.59 Å². The van der Waals surface area contributed by atoms with Crippen LogP contribution in [0, 0.1) is 0 Å². The lowest BCUT2D eigenvalue weighted by Gasteiger charge is -2.39. The number of amides is 1. The van der Waals surface area contributed by atoms with E-state index < -0.39 is 0 Å². The standard InChI is InChI=1S/C21H21NO2/c1-13-7-5-8-14(2)22(13)21(24)18-12-6-11-17-19(18)15-9-3-4-10-16(15)20(17)23/h3-4,6,9-14H,5,7-8H2,1-2H3. The van der Waals surface area contributed by atoms with Crippen molar-refractivity contribution in [3.8, 4) is 11.1 Å². The monoisotopic (exact) mass is 319 g/mol. The summed E-state index contributed by atoms with van der Waals surface area (Å²) in [6.45, 7) is 4.24. The third kappa shape index (κ3) is 2.11. The lowest BCUT2D eigenvalue weighted by atomic mass is 9.93. The molecule has 1 saturated heterocycles. The Labute approximate surface area is 142 Å². The van der Waals surface area contributed by atoms with Crippen LogP contribution in [0.1, 0.15) is 59.4 Å². The van der Waals surface area contributed by atoms with Gasteiger partial charge in [0.05, 0.1) is 0 Å². The Bertz CT molecular complexity index is 829. The lowest BCUT2D eigenvalue weighted by molar-refractivity contribution is 0.0511. The van der Waals surface area contributed by atoms with Crippen molar-refractivity contribution < 1.29 is 9.59 Å². The first kappa shape index (κ1) is 15.1. The number of carbonyl (C=O) groups excluding carboxylic acids is 2. The smallest absolute Gasteiger partial charge is 0.254 e. The first-order valence-electron chi connectivity index (χ1n) is 8.69. The number of hydrogen-bond donors (Lipinski definition) is 0. The molecule has 0 N–H and O–H groups in total. The average molecular weight is 319 g/mol. The second kappa shape index (κ2) is 5.59. The van der Waals surface area contributed by atoms with Gasteiger partial charge in [0.2, 0.25) is 0 Å². The maximum atomic E-state index is 13.3. The molecule has 4 rings (SSSR count). The minimum Gasteiger partial charge on any atom is -0.333 e. The van der Waals surface area contributed by atoms with E-state index in [1.165, 1.54) is 6.42 Å². The van der Waals surface area contributed by atoms with Crippen molar-refractivity contribution in [2.24, 2.45) is 0 Å². The molecule has 24 heavy (non-hydrogen) atoms. The number of piperidine rings is 1. The number of hydrogen-bond acceptors (Lipinski definition) is 2. The Balaban J connectivity index is 1.85. The number of carbonyl (C=O) groups is 2. The average Bonchev–Trinajstić information content (AvgIpc) is 2.88. The van der Waals surface area contributed by atoms with E-state index in [2.05, 4.69) is 13.8 Å². The van der Waals surface area contributed by atoms with Crippen LogP contribution < -0.4 is 0 Å². The molecule has 2 unspecified atom stereocenters. The van der Waals surface area contributed by atoms with E-state index in [0.29, 0.717) is 16.7 Å². The molecule has 122 valence electrons. The van der Waals surface area contributed by atoms with Gasteiger partial charge in [0.1, 0.15) is 0 Å². The molecule has 0 spiro atoms. The molecular formula is C21H21NO2. The molecule has 3 nitrogen and oxygen atoms in total. The van der Waals surface area contributed by atoms with Gasteiger partial charge in [0, 0.05) is 34.3 Å². The number of rotatable bonds is 1. The first-order chi connectivity index (χ1) is 11.6. The van der Waals surface area contributed by atoms with Gasteiger partial charge in [-0.2, -0.15) is 0 Å². The van der Waals surface area contributed by atoms with Crippen LogP contribution in [0.25, 0.3) is 11.1 Å². The highest BCUT2D eigenvalue weighted by Gasteiger charge is 2.35. The molecule has 0 radical (unpaired) electrons. The van der Waals surface area contributed by atoms with Gasteiger partial charge >= 0.3 is 0 Å². The van der Waals surface area contributed by atoms with Crippen LogP contribution in [0.5, 0.6) is 0 Å². The molecule has 0 saturated carbocycles. The van der Waals surface area contributed by atoms with Crippen LogP contribution in [0.4, 0.5) is 0 Å². The predicted molar refractivity (Wildman–Crippen MR) is 94.3 cm³/mol. The molecule has 1 amide bonds. The molecule has 3 heteroatoms. The summed E-state index contributed by atoms with van der Waals surface area (Å²) in [6.07, 6.45) is 3.25. The fraction of sp³-hybridized carbons (Fsp3) is 0.333. The van der Waals surface area contributed by atoms with Crippen molar-refractivity contribution in [2.45, 2.75) is 45.2 Å². The molecule has 1 fully saturated rings. The van der Waals surface area contributed by atoms with Crippen molar-refractivity contribution >= 4 is 11.7 Å². The Morgan fingerprint density at radius 1 is 0.917 bits per heavy atom. The van der Waals surface area contributed by atoms with Crippen LogP contribution >= 0.6 is 0 Å². The topological polar surface area (TPSA) is 37.4 Å². The Morgan fingerprint density at radius 3 is 2.25 bits per heavy atom. The summed E-state index contributed by atoms with van der Waals surface area (Å²) in [6, 6.07) is 13.6. The molecule has 2 aliphatic rings. The minimum absolute atomic E-state index is 0.0231. The van der Waals surface area contributed by atoms with Crippen molar-refractivity contribution in [2.75, 3.05) is 0 Å². The third-order valence-corrected chi connectivity index (χ3v) is 5.41. The van der Waals surface area contributed by atoms with Crippen LogP contribution in [-0.4, -0.2) is 28.7 Å². The molecule has 1 heterocycles. The van der Waals surface area contributed by atoms with Gasteiger partial charge in [-0.05, 0) is 44.7 Å². The van der Waals surface area contributed by atoms with Crippen molar-refractivity contribution in [3.63, 3.8) is 0 Å². The van der Waals surface area contributed by atoms with Crippen LogP contribution in [0.2, 0.25) is 0 Å². The van der Waals surface area contributed by atoms with E-state index in [0.717, 1.165) is 24.0 Å². The zero-order valence-electron chi connectivity index (χ0n) is 14.1. The summed E-state index contributed by atoms with van der Waals surface area (Å²) >= 11 is 0. The van der Waals surface area contributed by atoms with Gasteiger partial charge in [-0.15, -0.1) is 0 Å². The van der Waals surface area contributed by atoms with E-state index >= 15 is 0 Å². The summed E-state index contributed by atoms with van der Waals surface area (Å²) in [5, 5.41) is 0. The fourth-order valence-corrected chi connectivity index (χ4v) is 4.21. The van der Waals surface area contributed by atoms with Crippen molar-refractivity contribution in [1.82, 2.24) is 4.90 Å². The maximum Gasteiger partial charge on any atom is 0.254 e. The molecule has 1 aliphatic heterocycles. The normalized spacial score (nSPS) is 22.2. The Hall–Kier alpha value is -2.42. The van der Waals surface area contributed by atoms with Gasteiger partial charge in [-0.1, -0.05) is 36.4 Å². The highest BCUT2D eigenvalue weighted by Crippen LogP contribution is 2.40. The van der Waals surface area contributed by atoms with Gasteiger partial charge in [-0.25, -0.2) is 0 Å². The van der Waals surface area contributed by atoms with E-state index in [4.69, 9.17) is 0 Å². The van der Waals surface area contributed by atoms with Crippen molar-refractivity contribution in [3.05, 3.63) is 59.2 Å². The second-order valence-corrected chi connectivity index (χ2v) is 6.94. The fourth-order valence-electron chi connectivity index (χ4n) is 4.21. The second-order valence-electron chi connectivity index (χ2n) is 6.94. The number of fused-ring (bicyclic) bond motifs is 3. The van der Waals surface area contributed by atoms with Crippen LogP contribution in [0.3, 0.4) is 0 Å². The van der Waals surface area contributed by atoms with Crippen LogP contribution in [0.15, 0.2) is 42.5 Å². The summed E-state index contributed by atoms with van der Waals surface area (Å²) < 4.78 is 0. The molecule has 2 aromatic rings. The summed E-state index contributed by atoms with van der Waals surface area (Å²) in [5.74, 6) is 0.0750. The molecule has 2 atom stereocenters. The summed E-state index contributed by atoms with van der Waals surface area (Å²) in [7, 11) is 0. The lowest BCUT2D eigenvalue weighted by Crippen LogP contribution is -2.47. The third-order valence-electron chi connectivity index (χ3n) is 5.41. The largest absolute Gasteiger partial charge is 0.333 e. The molecule has 0 bridgehead atoms. The zero-order chi connectivity index (χ0) is 16.8. The number of benzene rings is 2. The van der Waals surface area contributed by atoms with E-state index in [-0.39, 0.29) is 23.8 Å². The first-order valence-corrected chi connectivity index (χ1v) is 8.69. The molecule has 2 aromatic carbocycles. The molecule has 1 aliphatic carbocycles. The number of nitrogens with zero attached hydrogens (tertiary/aromatic N) is 1. The molecular weight excluding hydrogens is 298 g/mol. The SMILES string of the molecule is CC1CCCC(C)N1C(=O)c1cccc2c1-c1ccccc1C2=O. The van der Waals surface area contributed by atoms with E-state index in [1.54, 1.807) is 0 Å². The van der Waals surface area contributed by atoms with E-state index in [1.807, 2.05) is 47.4 Å². The summed E-state index contributed by atoms with van der Waals surface area (Å²) in [4.78, 5) is 28.0. The highest BCUT2D eigenvalue weighted by molar-refractivity contribution is 6.24. The quantitative estimate of drug-likeness (QED) is 0.670. The van der Waals surface area contributed by atoms with Gasteiger partial charge in [0.15, 0.2) is 5.78 Å². The zero-order valence-corrected chi connectivity index (χ0v) is 14.1. The van der Waals surface area contributed by atoms with Gasteiger partial charge in [0.25, 0.3) is 5.91 Å². The summed E-state index contributed by atoms with van der Waals surface area (Å²) in [5.41, 5.74) is 3.71. The molecule has 0 aromatic heterocycles. The van der Waals surface area contributed by atoms with E-state index in [9.17, 15) is 9.59 Å². The van der Waals surface area contributed by atoms with Crippen LogP contribution in [-0.2, 0) is 0 Å². The Kier molecular flexibility index (Phi) is 3.52. The minimum atomic E-state index is 0.0231. The highest BCUT2D eigenvalue weighted by atomic mass is 16.2. The number of ketones is 1. The number of likely N-dealkylation sites (tertiary alicyclic amines) is 1. The maximum absolute atomic E-state index is 13.3. The van der Waals surface area contributed by atoms with Gasteiger partial charge < -0.3 is 4.90 Å². The predicted octanol–water partition coefficient (Wildman–Crippen LogP) is 4.30. The Morgan fingerprint density at radius 2 is 1.54 bits per heavy atom. The van der Waals surface area contributed by atoms with Crippen molar-refractivity contribution in [1.29, 1.82) is 0 Å².